The van der Waals surface area contributed by atoms with E-state index in [-0.39, 0.29) is 5.54 Å². The number of benzene rings is 4. The molecule has 0 aliphatic heterocycles. The zero-order valence-corrected chi connectivity index (χ0v) is 22.1. The second-order valence-electron chi connectivity index (χ2n) is 9.38. The van der Waals surface area contributed by atoms with Gasteiger partial charge in [-0.25, -0.2) is 0 Å². The van der Waals surface area contributed by atoms with E-state index in [2.05, 4.69) is 91.8 Å². The van der Waals surface area contributed by atoms with Crippen molar-refractivity contribution in [1.82, 2.24) is 10.7 Å². The SMILES string of the molecule is CC(C)(C)N=NC(C)(NC(=S)NNc1ccc(Br)cc1)c1ccc2ccc3ccccc3c2c1. The Hall–Kier alpha value is -3.03. The van der Waals surface area contributed by atoms with Crippen LogP contribution in [-0.2, 0) is 5.66 Å². The quantitative estimate of drug-likeness (QED) is 0.106. The van der Waals surface area contributed by atoms with Crippen LogP contribution in [0.15, 0.2) is 93.6 Å². The summed E-state index contributed by atoms with van der Waals surface area (Å²) >= 11 is 9.06. The minimum Gasteiger partial charge on any atom is -0.332 e. The summed E-state index contributed by atoms with van der Waals surface area (Å²) in [6.07, 6.45) is 0. The molecule has 0 saturated heterocycles. The molecule has 7 heteroatoms. The Morgan fingerprint density at radius 3 is 2.15 bits per heavy atom. The Bertz CT molecular complexity index is 1360. The highest BCUT2D eigenvalue weighted by atomic mass is 79.9. The smallest absolute Gasteiger partial charge is 0.187 e. The Labute approximate surface area is 214 Å². The van der Waals surface area contributed by atoms with Crippen LogP contribution in [0.4, 0.5) is 5.69 Å². The van der Waals surface area contributed by atoms with Gasteiger partial charge in [0.15, 0.2) is 10.8 Å². The molecule has 5 nitrogen and oxygen atoms in total. The second kappa shape index (κ2) is 9.68. The number of anilines is 1. The molecule has 4 aromatic rings. The van der Waals surface area contributed by atoms with Gasteiger partial charge in [-0.1, -0.05) is 64.5 Å². The zero-order chi connectivity index (χ0) is 24.3. The number of hydrogen-bond acceptors (Lipinski definition) is 4. The van der Waals surface area contributed by atoms with Crippen LogP contribution in [-0.4, -0.2) is 10.7 Å². The van der Waals surface area contributed by atoms with E-state index in [9.17, 15) is 0 Å². The van der Waals surface area contributed by atoms with E-state index in [0.29, 0.717) is 5.11 Å². The van der Waals surface area contributed by atoms with Crippen molar-refractivity contribution in [2.24, 2.45) is 10.2 Å². The molecule has 0 bridgehead atoms. The van der Waals surface area contributed by atoms with Crippen LogP contribution in [0.3, 0.4) is 0 Å². The molecular formula is C27H28BrN5S. The average Bonchev–Trinajstić information content (AvgIpc) is 2.81. The van der Waals surface area contributed by atoms with Crippen LogP contribution in [0.5, 0.6) is 0 Å². The number of nitrogens with one attached hydrogen (secondary N) is 3. The van der Waals surface area contributed by atoms with E-state index < -0.39 is 5.66 Å². The first-order chi connectivity index (χ1) is 16.1. The topological polar surface area (TPSA) is 60.8 Å². The van der Waals surface area contributed by atoms with Crippen LogP contribution >= 0.6 is 28.1 Å². The number of nitrogens with zero attached hydrogens (tertiary/aromatic N) is 2. The highest BCUT2D eigenvalue weighted by Crippen LogP contribution is 2.31. The molecule has 34 heavy (non-hydrogen) atoms. The molecule has 0 amide bonds. The standard InChI is InChI=1S/C27H28BrN5S/c1-26(2,3)32-33-27(4,29-25(34)31-30-22-15-13-21(28)14-16-22)20-12-11-19-10-9-18-7-5-6-8-23(18)24(19)17-20/h5-17,30H,1-4H3,(H2,29,31,34). The third-order valence-corrected chi connectivity index (χ3v) is 6.11. The van der Waals surface area contributed by atoms with E-state index >= 15 is 0 Å². The van der Waals surface area contributed by atoms with Gasteiger partial charge in [-0.05, 0) is 91.8 Å². The van der Waals surface area contributed by atoms with Gasteiger partial charge < -0.3 is 5.32 Å². The van der Waals surface area contributed by atoms with Gasteiger partial charge in [-0.15, -0.1) is 0 Å². The molecule has 0 aliphatic carbocycles. The molecule has 1 unspecified atom stereocenters. The van der Waals surface area contributed by atoms with Crippen molar-refractivity contribution >= 4 is 60.5 Å². The first-order valence-corrected chi connectivity index (χ1v) is 12.3. The minimum atomic E-state index is -0.871. The molecule has 174 valence electrons. The van der Waals surface area contributed by atoms with Crippen molar-refractivity contribution < 1.29 is 0 Å². The molecular weight excluding hydrogens is 506 g/mol. The Morgan fingerprint density at radius 2 is 1.44 bits per heavy atom. The molecule has 0 heterocycles. The largest absolute Gasteiger partial charge is 0.332 e. The molecule has 1 atom stereocenters. The maximum Gasteiger partial charge on any atom is 0.187 e. The fourth-order valence-corrected chi connectivity index (χ4v) is 4.14. The lowest BCUT2D eigenvalue weighted by atomic mass is 9.95. The third-order valence-electron chi connectivity index (χ3n) is 5.38. The predicted octanol–water partition coefficient (Wildman–Crippen LogP) is 7.67. The summed E-state index contributed by atoms with van der Waals surface area (Å²) in [6, 6.07) is 26.9. The molecule has 0 aliphatic rings. The molecule has 0 aromatic heterocycles. The molecule has 0 saturated carbocycles. The van der Waals surface area contributed by atoms with Crippen molar-refractivity contribution in [2.45, 2.75) is 38.9 Å². The summed E-state index contributed by atoms with van der Waals surface area (Å²) in [4.78, 5) is 0. The Kier molecular flexibility index (Phi) is 6.86. The van der Waals surface area contributed by atoms with Crippen LogP contribution in [0.1, 0.15) is 33.3 Å². The lowest BCUT2D eigenvalue weighted by Crippen LogP contribution is -2.48. The lowest BCUT2D eigenvalue weighted by molar-refractivity contribution is 0.396. The highest BCUT2D eigenvalue weighted by Gasteiger charge is 2.29. The van der Waals surface area contributed by atoms with Crippen LogP contribution in [0.2, 0.25) is 0 Å². The van der Waals surface area contributed by atoms with Gasteiger partial charge in [0, 0.05) is 10.0 Å². The van der Waals surface area contributed by atoms with Gasteiger partial charge in [-0.3, -0.25) is 10.9 Å². The van der Waals surface area contributed by atoms with E-state index in [0.717, 1.165) is 15.7 Å². The maximum atomic E-state index is 5.61. The molecule has 0 fully saturated rings. The first-order valence-electron chi connectivity index (χ1n) is 11.1. The van der Waals surface area contributed by atoms with Crippen LogP contribution in [0, 0.1) is 0 Å². The number of fused-ring (bicyclic) bond motifs is 3. The average molecular weight is 535 g/mol. The van der Waals surface area contributed by atoms with Crippen molar-refractivity contribution in [3.8, 4) is 0 Å². The molecule has 4 rings (SSSR count). The zero-order valence-electron chi connectivity index (χ0n) is 19.7. The van der Waals surface area contributed by atoms with Gasteiger partial charge in [0.25, 0.3) is 0 Å². The molecule has 0 spiro atoms. The Morgan fingerprint density at radius 1 is 0.794 bits per heavy atom. The van der Waals surface area contributed by atoms with E-state index in [4.69, 9.17) is 17.3 Å². The second-order valence-corrected chi connectivity index (χ2v) is 10.7. The van der Waals surface area contributed by atoms with Crippen molar-refractivity contribution in [3.63, 3.8) is 0 Å². The number of rotatable bonds is 5. The van der Waals surface area contributed by atoms with E-state index in [1.165, 1.54) is 21.5 Å². The van der Waals surface area contributed by atoms with Gasteiger partial charge in [-0.2, -0.15) is 10.2 Å². The van der Waals surface area contributed by atoms with Gasteiger partial charge in [0.05, 0.1) is 11.2 Å². The molecule has 0 radical (unpaired) electrons. The monoisotopic (exact) mass is 533 g/mol. The van der Waals surface area contributed by atoms with E-state index in [1.54, 1.807) is 0 Å². The Balaban J connectivity index is 1.67. The molecule has 4 aromatic carbocycles. The summed E-state index contributed by atoms with van der Waals surface area (Å²) in [7, 11) is 0. The minimum absolute atomic E-state index is 0.322. The summed E-state index contributed by atoms with van der Waals surface area (Å²) in [5.74, 6) is 0. The number of hydrogen-bond donors (Lipinski definition) is 3. The summed E-state index contributed by atoms with van der Waals surface area (Å²) in [5.41, 5.74) is 6.85. The van der Waals surface area contributed by atoms with Crippen LogP contribution in [0.25, 0.3) is 21.5 Å². The van der Waals surface area contributed by atoms with Gasteiger partial charge >= 0.3 is 0 Å². The first kappa shape index (κ1) is 24.1. The number of halogens is 1. The maximum absolute atomic E-state index is 5.61. The fourth-order valence-electron chi connectivity index (χ4n) is 3.62. The molecule has 3 N–H and O–H groups in total. The lowest BCUT2D eigenvalue weighted by Gasteiger charge is -2.29. The van der Waals surface area contributed by atoms with Gasteiger partial charge in [0.2, 0.25) is 0 Å². The number of azo groups is 1. The summed E-state index contributed by atoms with van der Waals surface area (Å²) < 4.78 is 1.01. The van der Waals surface area contributed by atoms with E-state index in [1.807, 2.05) is 52.0 Å². The fraction of sp³-hybridized carbons (Fsp3) is 0.222. The summed E-state index contributed by atoms with van der Waals surface area (Å²) in [6.45, 7) is 8.06. The number of hydrazine groups is 1. The predicted molar refractivity (Wildman–Crippen MR) is 150 cm³/mol. The van der Waals surface area contributed by atoms with Crippen molar-refractivity contribution in [1.29, 1.82) is 0 Å². The summed E-state index contributed by atoms with van der Waals surface area (Å²) in [5, 5.41) is 17.8. The van der Waals surface area contributed by atoms with Crippen molar-refractivity contribution in [2.75, 3.05) is 5.43 Å². The third kappa shape index (κ3) is 5.72. The van der Waals surface area contributed by atoms with Crippen molar-refractivity contribution in [3.05, 3.63) is 88.9 Å². The number of thiocarbonyl (C=S) groups is 1. The van der Waals surface area contributed by atoms with Crippen LogP contribution < -0.4 is 16.2 Å². The highest BCUT2D eigenvalue weighted by molar-refractivity contribution is 9.10. The normalized spacial score (nSPS) is 13.7. The van der Waals surface area contributed by atoms with Gasteiger partial charge in [0.1, 0.15) is 0 Å².